The van der Waals surface area contributed by atoms with E-state index in [1.165, 1.54) is 0 Å². The zero-order valence-electron chi connectivity index (χ0n) is 12.6. The monoisotopic (exact) mass is 285 g/mol. The molecule has 0 saturated heterocycles. The SMILES string of the molecule is CN(C)[C@@H](COCc1ccccc1)[C@@H](O)c1ccccc1. The standard InChI is InChI=1S/C18H23NO2/c1-19(2)17(18(20)16-11-7-4-8-12-16)14-21-13-15-9-5-3-6-10-15/h3-12,17-18,20H,13-14H2,1-2H3/t17-,18-/m0/s1. The van der Waals surface area contributed by atoms with Crippen molar-refractivity contribution in [2.24, 2.45) is 0 Å². The van der Waals surface area contributed by atoms with Gasteiger partial charge in [-0.25, -0.2) is 0 Å². The van der Waals surface area contributed by atoms with Crippen molar-refractivity contribution in [1.82, 2.24) is 4.90 Å². The molecule has 0 bridgehead atoms. The third kappa shape index (κ3) is 4.67. The van der Waals surface area contributed by atoms with Crippen LogP contribution in [0, 0.1) is 0 Å². The molecule has 0 aliphatic carbocycles. The van der Waals surface area contributed by atoms with E-state index in [0.29, 0.717) is 13.2 Å². The molecule has 0 aromatic heterocycles. The highest BCUT2D eigenvalue weighted by molar-refractivity contribution is 5.19. The number of aliphatic hydroxyl groups is 1. The number of aliphatic hydroxyl groups excluding tert-OH is 1. The number of ether oxygens (including phenoxy) is 1. The molecule has 0 amide bonds. The summed E-state index contributed by atoms with van der Waals surface area (Å²) in [6.07, 6.45) is -0.558. The fourth-order valence-electron chi connectivity index (χ4n) is 2.27. The lowest BCUT2D eigenvalue weighted by atomic mass is 10.0. The highest BCUT2D eigenvalue weighted by Gasteiger charge is 2.23. The molecule has 0 heterocycles. The van der Waals surface area contributed by atoms with Gasteiger partial charge in [-0.15, -0.1) is 0 Å². The van der Waals surface area contributed by atoms with Gasteiger partial charge in [0.05, 0.1) is 25.4 Å². The van der Waals surface area contributed by atoms with E-state index in [9.17, 15) is 5.11 Å². The summed E-state index contributed by atoms with van der Waals surface area (Å²) >= 11 is 0. The van der Waals surface area contributed by atoms with Crippen molar-refractivity contribution in [3.63, 3.8) is 0 Å². The zero-order valence-corrected chi connectivity index (χ0v) is 12.6. The molecule has 0 saturated carbocycles. The molecule has 0 radical (unpaired) electrons. The predicted molar refractivity (Wildman–Crippen MR) is 85.0 cm³/mol. The molecule has 2 aromatic carbocycles. The largest absolute Gasteiger partial charge is 0.387 e. The molecule has 112 valence electrons. The molecule has 0 spiro atoms. The molecule has 0 aliphatic heterocycles. The number of likely N-dealkylation sites (N-methyl/N-ethyl adjacent to an activating group) is 1. The van der Waals surface area contributed by atoms with Crippen LogP contribution in [-0.2, 0) is 11.3 Å². The average Bonchev–Trinajstić information content (AvgIpc) is 2.52. The maximum atomic E-state index is 10.5. The number of rotatable bonds is 7. The lowest BCUT2D eigenvalue weighted by Crippen LogP contribution is -2.38. The second kappa shape index (κ2) is 7.93. The molecule has 0 unspecified atom stereocenters. The summed E-state index contributed by atoms with van der Waals surface area (Å²) in [6.45, 7) is 1.05. The van der Waals surface area contributed by atoms with Gasteiger partial charge in [-0.05, 0) is 25.2 Å². The third-order valence-corrected chi connectivity index (χ3v) is 3.57. The van der Waals surface area contributed by atoms with Crippen LogP contribution in [0.5, 0.6) is 0 Å². The number of nitrogens with zero attached hydrogens (tertiary/aromatic N) is 1. The second-order valence-corrected chi connectivity index (χ2v) is 5.39. The molecule has 0 aliphatic rings. The Morgan fingerprint density at radius 2 is 1.52 bits per heavy atom. The topological polar surface area (TPSA) is 32.7 Å². The van der Waals surface area contributed by atoms with E-state index in [1.54, 1.807) is 0 Å². The van der Waals surface area contributed by atoms with Crippen LogP contribution in [0.3, 0.4) is 0 Å². The van der Waals surface area contributed by atoms with Crippen molar-refractivity contribution in [2.75, 3.05) is 20.7 Å². The quantitative estimate of drug-likeness (QED) is 0.849. The predicted octanol–water partition coefficient (Wildman–Crippen LogP) is 2.87. The van der Waals surface area contributed by atoms with Crippen LogP contribution in [0.2, 0.25) is 0 Å². The van der Waals surface area contributed by atoms with E-state index in [0.717, 1.165) is 11.1 Å². The third-order valence-electron chi connectivity index (χ3n) is 3.57. The van der Waals surface area contributed by atoms with Gasteiger partial charge >= 0.3 is 0 Å². The summed E-state index contributed by atoms with van der Waals surface area (Å²) in [4.78, 5) is 2.00. The molecular weight excluding hydrogens is 262 g/mol. The van der Waals surface area contributed by atoms with Gasteiger partial charge in [0.1, 0.15) is 0 Å². The summed E-state index contributed by atoms with van der Waals surface area (Å²) in [7, 11) is 3.92. The van der Waals surface area contributed by atoms with Crippen molar-refractivity contribution in [1.29, 1.82) is 0 Å². The zero-order chi connectivity index (χ0) is 15.1. The van der Waals surface area contributed by atoms with E-state index < -0.39 is 6.10 Å². The number of hydrogen-bond acceptors (Lipinski definition) is 3. The minimum atomic E-state index is -0.558. The second-order valence-electron chi connectivity index (χ2n) is 5.39. The summed E-state index contributed by atoms with van der Waals surface area (Å²) < 4.78 is 5.78. The first-order valence-corrected chi connectivity index (χ1v) is 7.19. The highest BCUT2D eigenvalue weighted by atomic mass is 16.5. The van der Waals surface area contributed by atoms with Gasteiger partial charge in [0.25, 0.3) is 0 Å². The van der Waals surface area contributed by atoms with Crippen molar-refractivity contribution in [3.8, 4) is 0 Å². The first-order valence-electron chi connectivity index (χ1n) is 7.19. The lowest BCUT2D eigenvalue weighted by Gasteiger charge is -2.29. The Labute approximate surface area is 126 Å². The molecule has 3 heteroatoms. The smallest absolute Gasteiger partial charge is 0.0967 e. The van der Waals surface area contributed by atoms with Gasteiger partial charge in [0.2, 0.25) is 0 Å². The Bertz CT molecular complexity index is 513. The molecule has 21 heavy (non-hydrogen) atoms. The summed E-state index contributed by atoms with van der Waals surface area (Å²) in [5.41, 5.74) is 2.06. The van der Waals surface area contributed by atoms with E-state index in [4.69, 9.17) is 4.74 Å². The molecular formula is C18H23NO2. The number of benzene rings is 2. The Hall–Kier alpha value is -1.68. The van der Waals surface area contributed by atoms with E-state index >= 15 is 0 Å². The van der Waals surface area contributed by atoms with Gasteiger partial charge in [-0.3, -0.25) is 0 Å². The summed E-state index contributed by atoms with van der Waals surface area (Å²) in [5.74, 6) is 0. The van der Waals surface area contributed by atoms with Crippen LogP contribution in [0.25, 0.3) is 0 Å². The van der Waals surface area contributed by atoms with Crippen molar-refractivity contribution >= 4 is 0 Å². The normalized spacial score (nSPS) is 14.1. The van der Waals surface area contributed by atoms with Gasteiger partial charge in [0, 0.05) is 0 Å². The number of hydrogen-bond donors (Lipinski definition) is 1. The fourth-order valence-corrected chi connectivity index (χ4v) is 2.27. The molecule has 0 fully saturated rings. The van der Waals surface area contributed by atoms with E-state index in [1.807, 2.05) is 79.7 Å². The van der Waals surface area contributed by atoms with Crippen LogP contribution in [-0.4, -0.2) is 36.8 Å². The molecule has 3 nitrogen and oxygen atoms in total. The van der Waals surface area contributed by atoms with E-state index in [2.05, 4.69) is 0 Å². The van der Waals surface area contributed by atoms with Crippen LogP contribution in [0.1, 0.15) is 17.2 Å². The highest BCUT2D eigenvalue weighted by Crippen LogP contribution is 2.20. The maximum Gasteiger partial charge on any atom is 0.0967 e. The minimum absolute atomic E-state index is 0.0730. The Morgan fingerprint density at radius 3 is 2.10 bits per heavy atom. The Kier molecular flexibility index (Phi) is 5.93. The van der Waals surface area contributed by atoms with Gasteiger partial charge in [0.15, 0.2) is 0 Å². The fraction of sp³-hybridized carbons (Fsp3) is 0.333. The van der Waals surface area contributed by atoms with E-state index in [-0.39, 0.29) is 6.04 Å². The lowest BCUT2D eigenvalue weighted by molar-refractivity contribution is 0.00135. The minimum Gasteiger partial charge on any atom is -0.387 e. The Balaban J connectivity index is 1.93. The molecule has 1 N–H and O–H groups in total. The van der Waals surface area contributed by atoms with Crippen molar-refractivity contribution < 1.29 is 9.84 Å². The van der Waals surface area contributed by atoms with Crippen LogP contribution in [0.4, 0.5) is 0 Å². The van der Waals surface area contributed by atoms with Crippen molar-refractivity contribution in [3.05, 3.63) is 71.8 Å². The molecule has 2 aromatic rings. The summed E-state index contributed by atoms with van der Waals surface area (Å²) in [5, 5.41) is 10.5. The van der Waals surface area contributed by atoms with Crippen LogP contribution >= 0.6 is 0 Å². The van der Waals surface area contributed by atoms with Crippen LogP contribution in [0.15, 0.2) is 60.7 Å². The molecule has 2 rings (SSSR count). The van der Waals surface area contributed by atoms with Gasteiger partial charge in [-0.1, -0.05) is 60.7 Å². The van der Waals surface area contributed by atoms with Crippen LogP contribution < -0.4 is 0 Å². The van der Waals surface area contributed by atoms with Gasteiger partial charge < -0.3 is 14.7 Å². The van der Waals surface area contributed by atoms with Gasteiger partial charge in [-0.2, -0.15) is 0 Å². The van der Waals surface area contributed by atoms with Crippen molar-refractivity contribution in [2.45, 2.75) is 18.8 Å². The first kappa shape index (κ1) is 15.7. The average molecular weight is 285 g/mol. The first-order chi connectivity index (χ1) is 10.2. The Morgan fingerprint density at radius 1 is 0.952 bits per heavy atom. The summed E-state index contributed by atoms with van der Waals surface area (Å²) in [6, 6.07) is 19.7. The maximum absolute atomic E-state index is 10.5. The molecule has 2 atom stereocenters.